The second-order valence-corrected chi connectivity index (χ2v) is 5.24. The zero-order chi connectivity index (χ0) is 13.1. The number of nitrogen functional groups attached to an aromatic ring is 1. The molecule has 5 nitrogen and oxygen atoms in total. The molecule has 0 aromatic carbocycles. The maximum atomic E-state index is 5.81. The smallest absolute Gasteiger partial charge is 0.135 e. The van der Waals surface area contributed by atoms with Crippen LogP contribution < -0.4 is 11.1 Å². The van der Waals surface area contributed by atoms with Gasteiger partial charge < -0.3 is 15.8 Å². The van der Waals surface area contributed by atoms with Crippen LogP contribution in [0.4, 0.5) is 11.6 Å². The van der Waals surface area contributed by atoms with Crippen molar-refractivity contribution < 1.29 is 4.74 Å². The molecule has 0 amide bonds. The summed E-state index contributed by atoms with van der Waals surface area (Å²) in [6, 6.07) is 2.20. The highest BCUT2D eigenvalue weighted by Gasteiger charge is 2.19. The van der Waals surface area contributed by atoms with Crippen LogP contribution in [-0.4, -0.2) is 28.7 Å². The summed E-state index contributed by atoms with van der Waals surface area (Å²) >= 11 is 0. The van der Waals surface area contributed by atoms with Crippen LogP contribution in [0.2, 0.25) is 0 Å². The van der Waals surface area contributed by atoms with E-state index in [1.807, 2.05) is 0 Å². The lowest BCUT2D eigenvalue weighted by Gasteiger charge is -2.28. The second-order valence-electron chi connectivity index (χ2n) is 5.24. The van der Waals surface area contributed by atoms with Crippen LogP contribution >= 0.6 is 0 Å². The Balaban J connectivity index is 2.08. The summed E-state index contributed by atoms with van der Waals surface area (Å²) in [5, 5.41) is 3.44. The van der Waals surface area contributed by atoms with Gasteiger partial charge in [-0.3, -0.25) is 0 Å². The summed E-state index contributed by atoms with van der Waals surface area (Å²) in [7, 11) is 0. The van der Waals surface area contributed by atoms with Crippen molar-refractivity contribution in [3.8, 4) is 0 Å². The zero-order valence-corrected chi connectivity index (χ0v) is 11.3. The summed E-state index contributed by atoms with van der Waals surface area (Å²) in [5.74, 6) is 2.42. The molecule has 2 unspecified atom stereocenters. The Morgan fingerprint density at radius 3 is 2.89 bits per heavy atom. The molecular weight excluding hydrogens is 228 g/mol. The predicted octanol–water partition coefficient (Wildman–Crippen LogP) is 2.16. The molecule has 2 atom stereocenters. The Morgan fingerprint density at radius 2 is 2.22 bits per heavy atom. The van der Waals surface area contributed by atoms with E-state index >= 15 is 0 Å². The predicted molar refractivity (Wildman–Crippen MR) is 72.6 cm³/mol. The van der Waals surface area contributed by atoms with Gasteiger partial charge in [0, 0.05) is 24.6 Å². The van der Waals surface area contributed by atoms with E-state index in [1.54, 1.807) is 6.07 Å². The molecule has 100 valence electrons. The fourth-order valence-corrected chi connectivity index (χ4v) is 2.16. The number of aromatic nitrogens is 2. The molecule has 2 rings (SSSR count). The molecule has 0 aliphatic carbocycles. The molecular formula is C13H22N4O. The summed E-state index contributed by atoms with van der Waals surface area (Å²) < 4.78 is 5.53. The molecule has 5 heteroatoms. The van der Waals surface area contributed by atoms with Gasteiger partial charge in [0.15, 0.2) is 0 Å². The third-order valence-electron chi connectivity index (χ3n) is 3.12. The van der Waals surface area contributed by atoms with Gasteiger partial charge in [-0.2, -0.15) is 0 Å². The number of anilines is 2. The first kappa shape index (κ1) is 13.1. The first-order valence-corrected chi connectivity index (χ1v) is 6.57. The molecule has 1 aromatic heterocycles. The summed E-state index contributed by atoms with van der Waals surface area (Å²) in [6.07, 6.45) is 2.31. The maximum Gasteiger partial charge on any atom is 0.135 e. The monoisotopic (exact) mass is 250 g/mol. The van der Waals surface area contributed by atoms with Crippen LogP contribution in [0.5, 0.6) is 0 Å². The normalized spacial score (nSPS) is 24.2. The quantitative estimate of drug-likeness (QED) is 0.860. The number of hydrogen-bond donors (Lipinski definition) is 2. The van der Waals surface area contributed by atoms with Crippen molar-refractivity contribution in [3.05, 3.63) is 11.9 Å². The maximum absolute atomic E-state index is 5.81. The lowest BCUT2D eigenvalue weighted by molar-refractivity contribution is 0.0232. The molecule has 1 aromatic rings. The van der Waals surface area contributed by atoms with E-state index in [2.05, 4.69) is 36.1 Å². The molecule has 0 bridgehead atoms. The van der Waals surface area contributed by atoms with E-state index in [9.17, 15) is 0 Å². The number of nitrogens with one attached hydrogen (secondary N) is 1. The van der Waals surface area contributed by atoms with Crippen molar-refractivity contribution in [2.75, 3.05) is 17.7 Å². The van der Waals surface area contributed by atoms with E-state index in [4.69, 9.17) is 10.5 Å². The first-order chi connectivity index (χ1) is 8.54. The third-order valence-corrected chi connectivity index (χ3v) is 3.12. The number of ether oxygens (including phenoxy) is 1. The fraction of sp³-hybridized carbons (Fsp3) is 0.692. The van der Waals surface area contributed by atoms with Gasteiger partial charge >= 0.3 is 0 Å². The Bertz CT molecular complexity index is 408. The van der Waals surface area contributed by atoms with Crippen LogP contribution in [0, 0.1) is 0 Å². The van der Waals surface area contributed by atoms with Gasteiger partial charge in [0.2, 0.25) is 0 Å². The molecule has 1 fully saturated rings. The van der Waals surface area contributed by atoms with E-state index in [1.165, 1.54) is 0 Å². The first-order valence-electron chi connectivity index (χ1n) is 6.57. The van der Waals surface area contributed by atoms with Crippen LogP contribution in [0.25, 0.3) is 0 Å². The zero-order valence-electron chi connectivity index (χ0n) is 11.3. The Hall–Kier alpha value is -1.36. The summed E-state index contributed by atoms with van der Waals surface area (Å²) in [4.78, 5) is 8.75. The third kappa shape index (κ3) is 3.32. The topological polar surface area (TPSA) is 73.1 Å². The van der Waals surface area contributed by atoms with E-state index in [0.717, 1.165) is 31.1 Å². The van der Waals surface area contributed by atoms with Crippen molar-refractivity contribution in [1.82, 2.24) is 9.97 Å². The molecule has 0 radical (unpaired) electrons. The van der Waals surface area contributed by atoms with Gasteiger partial charge in [0.05, 0.1) is 6.10 Å². The van der Waals surface area contributed by atoms with Gasteiger partial charge in [-0.15, -0.1) is 0 Å². The lowest BCUT2D eigenvalue weighted by Crippen LogP contribution is -2.32. The molecule has 0 saturated carbocycles. The average molecular weight is 250 g/mol. The minimum absolute atomic E-state index is 0.280. The van der Waals surface area contributed by atoms with Crippen molar-refractivity contribution in [2.45, 2.75) is 51.7 Å². The van der Waals surface area contributed by atoms with Crippen LogP contribution in [0.15, 0.2) is 6.07 Å². The standard InChI is InChI=1S/C13H22N4O/c1-8(2)13-16-11(14)7-12(17-13)15-10-4-5-18-9(3)6-10/h7-10H,4-6H2,1-3H3,(H3,14,15,16,17). The van der Waals surface area contributed by atoms with Gasteiger partial charge in [-0.1, -0.05) is 13.8 Å². The molecule has 0 spiro atoms. The van der Waals surface area contributed by atoms with Crippen molar-refractivity contribution in [3.63, 3.8) is 0 Å². The second kappa shape index (κ2) is 5.52. The minimum atomic E-state index is 0.280. The average Bonchev–Trinajstić information content (AvgIpc) is 2.28. The molecule has 3 N–H and O–H groups in total. The minimum Gasteiger partial charge on any atom is -0.384 e. The largest absolute Gasteiger partial charge is 0.384 e. The molecule has 1 aliphatic heterocycles. The molecule has 18 heavy (non-hydrogen) atoms. The number of nitrogens with zero attached hydrogens (tertiary/aromatic N) is 2. The van der Waals surface area contributed by atoms with Gasteiger partial charge in [-0.05, 0) is 19.8 Å². The highest BCUT2D eigenvalue weighted by atomic mass is 16.5. The van der Waals surface area contributed by atoms with E-state index in [0.29, 0.717) is 18.0 Å². The highest BCUT2D eigenvalue weighted by Crippen LogP contribution is 2.20. The molecule has 1 saturated heterocycles. The molecule has 2 heterocycles. The van der Waals surface area contributed by atoms with E-state index in [-0.39, 0.29) is 5.92 Å². The molecule has 1 aliphatic rings. The van der Waals surface area contributed by atoms with Crippen molar-refractivity contribution >= 4 is 11.6 Å². The Kier molecular flexibility index (Phi) is 4.01. The summed E-state index contributed by atoms with van der Waals surface area (Å²) in [6.45, 7) is 7.03. The number of hydrogen-bond acceptors (Lipinski definition) is 5. The Morgan fingerprint density at radius 1 is 1.44 bits per heavy atom. The van der Waals surface area contributed by atoms with Crippen LogP contribution in [0.1, 0.15) is 45.4 Å². The SMILES string of the molecule is CC1CC(Nc2cc(N)nc(C(C)C)n2)CCO1. The summed E-state index contributed by atoms with van der Waals surface area (Å²) in [5.41, 5.74) is 5.81. The number of rotatable bonds is 3. The van der Waals surface area contributed by atoms with Crippen molar-refractivity contribution in [1.29, 1.82) is 0 Å². The van der Waals surface area contributed by atoms with Gasteiger partial charge in [0.25, 0.3) is 0 Å². The van der Waals surface area contributed by atoms with Gasteiger partial charge in [-0.25, -0.2) is 9.97 Å². The highest BCUT2D eigenvalue weighted by molar-refractivity contribution is 5.45. The lowest BCUT2D eigenvalue weighted by atomic mass is 10.0. The fourth-order valence-electron chi connectivity index (χ4n) is 2.16. The van der Waals surface area contributed by atoms with Gasteiger partial charge in [0.1, 0.15) is 17.5 Å². The Labute approximate surface area is 108 Å². The van der Waals surface area contributed by atoms with E-state index < -0.39 is 0 Å². The van der Waals surface area contributed by atoms with Crippen LogP contribution in [0.3, 0.4) is 0 Å². The van der Waals surface area contributed by atoms with Crippen LogP contribution in [-0.2, 0) is 4.74 Å². The van der Waals surface area contributed by atoms with Crippen molar-refractivity contribution in [2.24, 2.45) is 0 Å². The number of nitrogens with two attached hydrogens (primary N) is 1.